The molecule has 0 atom stereocenters. The summed E-state index contributed by atoms with van der Waals surface area (Å²) in [5.41, 5.74) is 8.09. The van der Waals surface area contributed by atoms with Crippen LogP contribution in [0.1, 0.15) is 11.1 Å². The lowest BCUT2D eigenvalue weighted by Crippen LogP contribution is -2.13. The number of hydrogen-bond acceptors (Lipinski definition) is 4. The highest BCUT2D eigenvalue weighted by molar-refractivity contribution is 7.80. The lowest BCUT2D eigenvalue weighted by molar-refractivity contribution is 1.03. The third-order valence-electron chi connectivity index (χ3n) is 2.36. The van der Waals surface area contributed by atoms with Crippen LogP contribution in [0.25, 0.3) is 0 Å². The quantitative estimate of drug-likeness (QED) is 0.845. The van der Waals surface area contributed by atoms with E-state index < -0.39 is 0 Å². The summed E-state index contributed by atoms with van der Waals surface area (Å²) in [6, 6.07) is 7.37. The first-order chi connectivity index (χ1) is 8.58. The Balaban J connectivity index is 2.40. The molecule has 0 aliphatic rings. The molecule has 0 saturated carbocycles. The molecule has 1 aromatic carbocycles. The normalized spacial score (nSPS) is 10.1. The van der Waals surface area contributed by atoms with Crippen molar-refractivity contribution in [2.75, 3.05) is 5.32 Å². The number of benzene rings is 1. The molecule has 0 fully saturated rings. The van der Waals surface area contributed by atoms with Crippen LogP contribution in [-0.2, 0) is 0 Å². The van der Waals surface area contributed by atoms with Gasteiger partial charge in [-0.05, 0) is 30.7 Å². The van der Waals surface area contributed by atoms with Crippen molar-refractivity contribution in [1.29, 1.82) is 0 Å². The van der Waals surface area contributed by atoms with Gasteiger partial charge < -0.3 is 11.1 Å². The van der Waals surface area contributed by atoms with E-state index in [-0.39, 0.29) is 4.99 Å². The minimum atomic E-state index is 0.260. The molecule has 0 bridgehead atoms. The van der Waals surface area contributed by atoms with Gasteiger partial charge in [0, 0.05) is 0 Å². The van der Waals surface area contributed by atoms with Crippen LogP contribution in [0.3, 0.4) is 0 Å². The standard InChI is InChI=1S/C12H11ClN4S/c1-7-2-3-9(13)10(6-7)16-12-8(11(14)18)4-5-15-17-12/h2-6H,1H3,(H2,14,18)(H,16,17). The lowest BCUT2D eigenvalue weighted by atomic mass is 10.2. The van der Waals surface area contributed by atoms with Crippen LogP contribution in [0.5, 0.6) is 0 Å². The number of thiocarbonyl (C=S) groups is 1. The molecule has 3 N–H and O–H groups in total. The summed E-state index contributed by atoms with van der Waals surface area (Å²) in [5, 5.41) is 11.5. The predicted octanol–water partition coefficient (Wildman–Crippen LogP) is 2.82. The van der Waals surface area contributed by atoms with Crippen LogP contribution in [0, 0.1) is 6.92 Å². The third-order valence-corrected chi connectivity index (χ3v) is 2.91. The molecule has 92 valence electrons. The molecule has 18 heavy (non-hydrogen) atoms. The zero-order valence-electron chi connectivity index (χ0n) is 9.64. The maximum atomic E-state index is 6.10. The van der Waals surface area contributed by atoms with Gasteiger partial charge in [0.25, 0.3) is 0 Å². The average molecular weight is 279 g/mol. The number of hydrogen-bond donors (Lipinski definition) is 2. The van der Waals surface area contributed by atoms with Crippen molar-refractivity contribution < 1.29 is 0 Å². The Kier molecular flexibility index (Phi) is 3.74. The van der Waals surface area contributed by atoms with E-state index in [1.165, 1.54) is 6.20 Å². The maximum absolute atomic E-state index is 6.10. The molecule has 1 heterocycles. The monoisotopic (exact) mass is 278 g/mol. The summed E-state index contributed by atoms with van der Waals surface area (Å²) < 4.78 is 0. The first kappa shape index (κ1) is 12.7. The molecule has 0 saturated heterocycles. The molecular weight excluding hydrogens is 268 g/mol. The van der Waals surface area contributed by atoms with Gasteiger partial charge in [-0.25, -0.2) is 0 Å². The van der Waals surface area contributed by atoms with Crippen LogP contribution in [0.15, 0.2) is 30.5 Å². The topological polar surface area (TPSA) is 63.8 Å². The molecule has 0 unspecified atom stereocenters. The predicted molar refractivity (Wildman–Crippen MR) is 77.4 cm³/mol. The van der Waals surface area contributed by atoms with Crippen LogP contribution < -0.4 is 11.1 Å². The van der Waals surface area contributed by atoms with E-state index >= 15 is 0 Å². The molecule has 6 heteroatoms. The second-order valence-electron chi connectivity index (χ2n) is 3.77. The van der Waals surface area contributed by atoms with Gasteiger partial charge in [0.1, 0.15) is 4.99 Å². The fourth-order valence-electron chi connectivity index (χ4n) is 1.49. The van der Waals surface area contributed by atoms with Crippen LogP contribution in [0.4, 0.5) is 11.5 Å². The third kappa shape index (κ3) is 2.75. The number of anilines is 2. The minimum Gasteiger partial charge on any atom is -0.389 e. The van der Waals surface area contributed by atoms with Crippen molar-refractivity contribution in [2.45, 2.75) is 6.92 Å². The second-order valence-corrected chi connectivity index (χ2v) is 4.61. The van der Waals surface area contributed by atoms with Crippen molar-refractivity contribution in [3.05, 3.63) is 46.6 Å². The molecule has 4 nitrogen and oxygen atoms in total. The van der Waals surface area contributed by atoms with Crippen molar-refractivity contribution in [3.8, 4) is 0 Å². The number of rotatable bonds is 3. The van der Waals surface area contributed by atoms with E-state index in [1.54, 1.807) is 6.07 Å². The summed E-state index contributed by atoms with van der Waals surface area (Å²) in [7, 11) is 0. The Bertz CT molecular complexity index is 600. The Labute approximate surface area is 115 Å². The molecule has 0 aliphatic carbocycles. The number of halogens is 1. The number of nitrogens with two attached hydrogens (primary N) is 1. The smallest absolute Gasteiger partial charge is 0.163 e. The molecule has 0 radical (unpaired) electrons. The van der Waals surface area contributed by atoms with Gasteiger partial charge in [-0.3, -0.25) is 0 Å². The summed E-state index contributed by atoms with van der Waals surface area (Å²) >= 11 is 11.1. The number of aromatic nitrogens is 2. The Morgan fingerprint density at radius 1 is 1.39 bits per heavy atom. The maximum Gasteiger partial charge on any atom is 0.163 e. The van der Waals surface area contributed by atoms with E-state index in [0.29, 0.717) is 16.4 Å². The van der Waals surface area contributed by atoms with Crippen LogP contribution in [-0.4, -0.2) is 15.2 Å². The molecular formula is C12H11ClN4S. The molecule has 0 amide bonds. The number of nitrogens with zero attached hydrogens (tertiary/aromatic N) is 2. The average Bonchev–Trinajstić information content (AvgIpc) is 2.34. The van der Waals surface area contributed by atoms with E-state index in [0.717, 1.165) is 11.3 Å². The molecule has 2 aromatic rings. The number of aryl methyl sites for hydroxylation is 1. The lowest BCUT2D eigenvalue weighted by Gasteiger charge is -2.10. The second kappa shape index (κ2) is 5.29. The minimum absolute atomic E-state index is 0.260. The largest absolute Gasteiger partial charge is 0.389 e. The van der Waals surface area contributed by atoms with Crippen molar-refractivity contribution in [1.82, 2.24) is 10.2 Å². The molecule has 0 spiro atoms. The van der Waals surface area contributed by atoms with Gasteiger partial charge in [-0.2, -0.15) is 5.10 Å². The van der Waals surface area contributed by atoms with Gasteiger partial charge in [0.2, 0.25) is 0 Å². The first-order valence-electron chi connectivity index (χ1n) is 5.22. The number of nitrogens with one attached hydrogen (secondary N) is 1. The van der Waals surface area contributed by atoms with E-state index in [2.05, 4.69) is 15.5 Å². The Morgan fingerprint density at radius 3 is 2.89 bits per heavy atom. The van der Waals surface area contributed by atoms with Crippen LogP contribution in [0.2, 0.25) is 5.02 Å². The van der Waals surface area contributed by atoms with E-state index in [1.807, 2.05) is 25.1 Å². The highest BCUT2D eigenvalue weighted by Crippen LogP contribution is 2.26. The zero-order chi connectivity index (χ0) is 13.1. The van der Waals surface area contributed by atoms with E-state index in [9.17, 15) is 0 Å². The highest BCUT2D eigenvalue weighted by atomic mass is 35.5. The molecule has 2 rings (SSSR count). The fraction of sp³-hybridized carbons (Fsp3) is 0.0833. The van der Waals surface area contributed by atoms with Gasteiger partial charge in [-0.1, -0.05) is 29.9 Å². The van der Waals surface area contributed by atoms with E-state index in [4.69, 9.17) is 29.6 Å². The van der Waals surface area contributed by atoms with Crippen molar-refractivity contribution >= 4 is 40.3 Å². The zero-order valence-corrected chi connectivity index (χ0v) is 11.2. The van der Waals surface area contributed by atoms with Gasteiger partial charge in [0.15, 0.2) is 5.82 Å². The van der Waals surface area contributed by atoms with Crippen molar-refractivity contribution in [2.24, 2.45) is 5.73 Å². The molecule has 0 aliphatic heterocycles. The van der Waals surface area contributed by atoms with Gasteiger partial charge >= 0.3 is 0 Å². The highest BCUT2D eigenvalue weighted by Gasteiger charge is 2.09. The summed E-state index contributed by atoms with van der Waals surface area (Å²) in [6.07, 6.45) is 1.54. The van der Waals surface area contributed by atoms with Crippen LogP contribution >= 0.6 is 23.8 Å². The Hall–Kier alpha value is -1.72. The SMILES string of the molecule is Cc1ccc(Cl)c(Nc2nnccc2C(N)=S)c1. The first-order valence-corrected chi connectivity index (χ1v) is 6.01. The van der Waals surface area contributed by atoms with Gasteiger partial charge in [-0.15, -0.1) is 5.10 Å². The summed E-state index contributed by atoms with van der Waals surface area (Å²) in [4.78, 5) is 0.260. The van der Waals surface area contributed by atoms with Gasteiger partial charge in [0.05, 0.1) is 22.5 Å². The molecule has 1 aromatic heterocycles. The fourth-order valence-corrected chi connectivity index (χ4v) is 1.81. The summed E-state index contributed by atoms with van der Waals surface area (Å²) in [6.45, 7) is 1.98. The summed E-state index contributed by atoms with van der Waals surface area (Å²) in [5.74, 6) is 0.498. The Morgan fingerprint density at radius 2 is 2.17 bits per heavy atom. The van der Waals surface area contributed by atoms with Crippen molar-refractivity contribution in [3.63, 3.8) is 0 Å².